The molecule has 1 aromatic carbocycles. The molecule has 156 valence electrons. The van der Waals surface area contributed by atoms with Gasteiger partial charge in [0.05, 0.1) is 10.7 Å². The van der Waals surface area contributed by atoms with Gasteiger partial charge in [0.15, 0.2) is 0 Å². The first-order chi connectivity index (χ1) is 13.7. The average molecular weight is 442 g/mol. The normalized spacial score (nSPS) is 16.0. The molecule has 1 aromatic heterocycles. The zero-order chi connectivity index (χ0) is 21.2. The minimum Gasteiger partial charge on any atom is -0.323 e. The second kappa shape index (κ2) is 8.64. The Kier molecular flexibility index (Phi) is 6.40. The summed E-state index contributed by atoms with van der Waals surface area (Å²) in [5.74, 6) is -0.702. The lowest BCUT2D eigenvalue weighted by Gasteiger charge is -2.29. The van der Waals surface area contributed by atoms with E-state index >= 15 is 0 Å². The van der Waals surface area contributed by atoms with Crippen molar-refractivity contribution in [2.24, 2.45) is 5.92 Å². The van der Waals surface area contributed by atoms with Gasteiger partial charge in [0, 0.05) is 19.3 Å². The molecule has 7 nitrogen and oxygen atoms in total. The van der Waals surface area contributed by atoms with Crippen molar-refractivity contribution in [1.29, 1.82) is 0 Å². The monoisotopic (exact) mass is 441 g/mol. The smallest absolute Gasteiger partial charge is 0.271 e. The molecule has 29 heavy (non-hydrogen) atoms. The van der Waals surface area contributed by atoms with Crippen LogP contribution >= 0.6 is 11.6 Å². The second-order valence-corrected chi connectivity index (χ2v) is 9.38. The maximum absolute atomic E-state index is 13.1. The highest BCUT2D eigenvalue weighted by Gasteiger charge is 2.30. The van der Waals surface area contributed by atoms with Crippen LogP contribution in [0.3, 0.4) is 0 Å². The number of anilines is 1. The molecule has 1 amide bonds. The lowest BCUT2D eigenvalue weighted by Crippen LogP contribution is -2.41. The van der Waals surface area contributed by atoms with E-state index in [4.69, 9.17) is 11.6 Å². The number of nitrogens with zero attached hydrogens (tertiary/aromatic N) is 2. The molecule has 0 spiro atoms. The quantitative estimate of drug-likeness (QED) is 0.772. The third-order valence-corrected chi connectivity index (χ3v) is 7.09. The minimum absolute atomic E-state index is 0.0151. The molecule has 1 aliphatic heterocycles. The van der Waals surface area contributed by atoms with Crippen LogP contribution < -0.4 is 10.9 Å². The van der Waals surface area contributed by atoms with Gasteiger partial charge in [-0.3, -0.25) is 9.59 Å². The number of sulfonamides is 1. The van der Waals surface area contributed by atoms with Crippen molar-refractivity contribution in [3.63, 3.8) is 0 Å². The molecule has 0 atom stereocenters. The Balaban J connectivity index is 1.79. The van der Waals surface area contributed by atoms with E-state index in [2.05, 4.69) is 12.2 Å². The average Bonchev–Trinajstić information content (AvgIpc) is 2.66. The number of rotatable bonds is 5. The van der Waals surface area contributed by atoms with Crippen molar-refractivity contribution in [3.05, 3.63) is 57.7 Å². The predicted octanol–water partition coefficient (Wildman–Crippen LogP) is 2.70. The molecule has 0 saturated carbocycles. The number of hydrogen-bond donors (Lipinski definition) is 1. The van der Waals surface area contributed by atoms with Crippen LogP contribution in [0.5, 0.6) is 0 Å². The zero-order valence-corrected chi connectivity index (χ0v) is 17.3. The van der Waals surface area contributed by atoms with E-state index in [0.717, 1.165) is 29.5 Å². The van der Waals surface area contributed by atoms with Gasteiger partial charge in [0.1, 0.15) is 17.3 Å². The molecule has 0 radical (unpaired) electrons. The summed E-state index contributed by atoms with van der Waals surface area (Å²) >= 11 is 5.88. The second-order valence-electron chi connectivity index (χ2n) is 7.06. The molecule has 2 aromatic rings. The van der Waals surface area contributed by atoms with Crippen molar-refractivity contribution in [3.8, 4) is 0 Å². The van der Waals surface area contributed by atoms with Crippen molar-refractivity contribution >= 4 is 33.2 Å². The fraction of sp³-hybridized carbons (Fsp3) is 0.368. The molecule has 1 saturated heterocycles. The number of halogens is 2. The summed E-state index contributed by atoms with van der Waals surface area (Å²) in [6.07, 6.45) is 2.81. The summed E-state index contributed by atoms with van der Waals surface area (Å²) in [6.45, 7) is 2.38. The Hall–Kier alpha value is -2.23. The Morgan fingerprint density at radius 3 is 2.62 bits per heavy atom. The largest absolute Gasteiger partial charge is 0.323 e. The SMILES string of the molecule is CC1CCN(S(=O)(=O)c2cccn(CC(=O)Nc3ccc(F)cc3Cl)c2=O)CC1. The summed E-state index contributed by atoms with van der Waals surface area (Å²) in [4.78, 5) is 24.7. The molecule has 0 aliphatic carbocycles. The van der Waals surface area contributed by atoms with Crippen LogP contribution in [0.15, 0.2) is 46.2 Å². The van der Waals surface area contributed by atoms with Crippen LogP contribution in [0, 0.1) is 11.7 Å². The molecule has 10 heteroatoms. The fourth-order valence-corrected chi connectivity index (χ4v) is 4.91. The van der Waals surface area contributed by atoms with Crippen LogP contribution in [-0.4, -0.2) is 36.3 Å². The van der Waals surface area contributed by atoms with Gasteiger partial charge in [-0.1, -0.05) is 18.5 Å². The highest BCUT2D eigenvalue weighted by atomic mass is 35.5. The molecule has 1 fully saturated rings. The number of carbonyl (C=O) groups excluding carboxylic acids is 1. The van der Waals surface area contributed by atoms with Crippen LogP contribution in [-0.2, 0) is 21.4 Å². The standard InChI is InChI=1S/C19H21ClFN3O4S/c1-13-6-9-24(10-7-13)29(27,28)17-3-2-8-23(19(17)26)12-18(25)22-16-5-4-14(21)11-15(16)20/h2-5,8,11,13H,6-7,9-10,12H2,1H3,(H,22,25). The molecule has 0 bridgehead atoms. The van der Waals surface area contributed by atoms with Gasteiger partial charge >= 0.3 is 0 Å². The number of benzene rings is 1. The molecule has 3 rings (SSSR count). The number of carbonyl (C=O) groups is 1. The number of aromatic nitrogens is 1. The third-order valence-electron chi connectivity index (χ3n) is 4.86. The first-order valence-electron chi connectivity index (χ1n) is 9.13. The van der Waals surface area contributed by atoms with E-state index in [1.165, 1.54) is 28.7 Å². The van der Waals surface area contributed by atoms with Gasteiger partial charge < -0.3 is 9.88 Å². The van der Waals surface area contributed by atoms with E-state index in [1.807, 2.05) is 0 Å². The zero-order valence-electron chi connectivity index (χ0n) is 15.8. The molecule has 1 aliphatic rings. The van der Waals surface area contributed by atoms with E-state index < -0.39 is 33.9 Å². The highest BCUT2D eigenvalue weighted by molar-refractivity contribution is 7.89. The van der Waals surface area contributed by atoms with Gasteiger partial charge in [-0.25, -0.2) is 12.8 Å². The predicted molar refractivity (Wildman–Crippen MR) is 108 cm³/mol. The van der Waals surface area contributed by atoms with Crippen LogP contribution in [0.25, 0.3) is 0 Å². The van der Waals surface area contributed by atoms with E-state index in [1.54, 1.807) is 0 Å². The van der Waals surface area contributed by atoms with Gasteiger partial charge in [0.25, 0.3) is 5.56 Å². The van der Waals surface area contributed by atoms with E-state index in [-0.39, 0.29) is 15.6 Å². The number of nitrogens with one attached hydrogen (secondary N) is 1. The Morgan fingerprint density at radius 2 is 1.97 bits per heavy atom. The number of amides is 1. The maximum Gasteiger partial charge on any atom is 0.271 e. The van der Waals surface area contributed by atoms with Crippen LogP contribution in [0.4, 0.5) is 10.1 Å². The molecule has 0 unspecified atom stereocenters. The van der Waals surface area contributed by atoms with E-state index in [9.17, 15) is 22.4 Å². The number of hydrogen-bond acceptors (Lipinski definition) is 4. The van der Waals surface area contributed by atoms with Crippen molar-refractivity contribution < 1.29 is 17.6 Å². The topological polar surface area (TPSA) is 88.5 Å². The Morgan fingerprint density at radius 1 is 1.28 bits per heavy atom. The summed E-state index contributed by atoms with van der Waals surface area (Å²) in [6, 6.07) is 6.16. The molecule has 2 heterocycles. The first kappa shape index (κ1) is 21.5. The van der Waals surface area contributed by atoms with Gasteiger partial charge in [-0.15, -0.1) is 0 Å². The highest BCUT2D eigenvalue weighted by Crippen LogP contribution is 2.23. The summed E-state index contributed by atoms with van der Waals surface area (Å²) in [5, 5.41) is 2.50. The van der Waals surface area contributed by atoms with Crippen molar-refractivity contribution in [2.45, 2.75) is 31.2 Å². The number of piperidine rings is 1. The first-order valence-corrected chi connectivity index (χ1v) is 10.9. The lowest BCUT2D eigenvalue weighted by atomic mass is 10.0. The minimum atomic E-state index is -3.94. The lowest BCUT2D eigenvalue weighted by molar-refractivity contribution is -0.116. The molecule has 1 N–H and O–H groups in total. The summed E-state index contributed by atoms with van der Waals surface area (Å²) in [7, 11) is -3.94. The van der Waals surface area contributed by atoms with Crippen LogP contribution in [0.1, 0.15) is 19.8 Å². The third kappa shape index (κ3) is 4.85. The van der Waals surface area contributed by atoms with Crippen molar-refractivity contribution in [2.75, 3.05) is 18.4 Å². The van der Waals surface area contributed by atoms with Gasteiger partial charge in [-0.2, -0.15) is 4.31 Å². The molecular formula is C19H21ClFN3O4S. The molecular weight excluding hydrogens is 421 g/mol. The van der Waals surface area contributed by atoms with E-state index in [0.29, 0.717) is 19.0 Å². The van der Waals surface area contributed by atoms with Gasteiger partial charge in [-0.05, 0) is 49.1 Å². The summed E-state index contributed by atoms with van der Waals surface area (Å²) < 4.78 is 41.2. The summed E-state index contributed by atoms with van der Waals surface area (Å²) in [5.41, 5.74) is -0.580. The Bertz CT molecular complexity index is 1080. The maximum atomic E-state index is 13.1. The van der Waals surface area contributed by atoms with Crippen LogP contribution in [0.2, 0.25) is 5.02 Å². The number of pyridine rings is 1. The van der Waals surface area contributed by atoms with Crippen molar-refractivity contribution in [1.82, 2.24) is 8.87 Å². The Labute approximate surface area is 173 Å². The fourth-order valence-electron chi connectivity index (χ4n) is 3.14. The van der Waals surface area contributed by atoms with Gasteiger partial charge in [0.2, 0.25) is 15.9 Å².